The van der Waals surface area contributed by atoms with Crippen molar-refractivity contribution in [2.75, 3.05) is 0 Å². The number of carbonyl (C=O) groups is 1. The molecule has 0 amide bonds. The lowest BCUT2D eigenvalue weighted by Gasteiger charge is -2.22. The van der Waals surface area contributed by atoms with Crippen LogP contribution < -0.4 is 0 Å². The molecule has 0 bridgehead atoms. The smallest absolute Gasteiger partial charge is 0.433 e. The highest BCUT2D eigenvalue weighted by molar-refractivity contribution is 6.00. The largest absolute Gasteiger partial charge is 0.512 e. The molecule has 0 aromatic rings. The molecule has 0 aliphatic carbocycles. The van der Waals surface area contributed by atoms with E-state index < -0.39 is 64.6 Å². The van der Waals surface area contributed by atoms with Crippen molar-refractivity contribution in [3.05, 3.63) is 34.3 Å². The Morgan fingerprint density at radius 1 is 0.857 bits per heavy atom. The van der Waals surface area contributed by atoms with E-state index in [0.29, 0.717) is 13.8 Å². The maximum atomic E-state index is 13.5. The Hall–Kier alpha value is -2.27. The van der Waals surface area contributed by atoms with Crippen molar-refractivity contribution in [3.63, 3.8) is 0 Å². The fourth-order valence-corrected chi connectivity index (χ4v) is 2.05. The molecule has 0 saturated heterocycles. The number of alkyl halides is 9. The summed E-state index contributed by atoms with van der Waals surface area (Å²) in [6.45, 7) is 2.45. The average molecular weight is 425 g/mol. The van der Waals surface area contributed by atoms with Crippen LogP contribution in [0.2, 0.25) is 0 Å². The molecule has 0 fully saturated rings. The molecule has 0 aromatic carbocycles. The second-order valence-corrected chi connectivity index (χ2v) is 5.46. The van der Waals surface area contributed by atoms with Crippen molar-refractivity contribution in [1.29, 1.82) is 0 Å². The lowest BCUT2D eigenvalue weighted by molar-refractivity contribution is -0.113. The van der Waals surface area contributed by atoms with Gasteiger partial charge < -0.3 is 5.11 Å². The third-order valence-corrected chi connectivity index (χ3v) is 3.14. The van der Waals surface area contributed by atoms with Crippen molar-refractivity contribution < 1.29 is 49.4 Å². The van der Waals surface area contributed by atoms with Gasteiger partial charge in [-0.25, -0.2) is 4.99 Å². The predicted octanol–water partition coefficient (Wildman–Crippen LogP) is 6.15. The maximum Gasteiger partial charge on any atom is 0.433 e. The molecule has 0 spiro atoms. The number of Topliss-reactive ketones (excluding diaryl/α,β-unsaturated/α-hetero) is 1. The van der Waals surface area contributed by atoms with Gasteiger partial charge in [-0.1, -0.05) is 13.0 Å². The number of aliphatic imine (C=N–C) groups is 1. The van der Waals surface area contributed by atoms with Gasteiger partial charge in [0.1, 0.15) is 11.5 Å². The first-order valence-corrected chi connectivity index (χ1v) is 7.48. The maximum absolute atomic E-state index is 13.5. The number of hydrogen-bond donors (Lipinski definition) is 1. The summed E-state index contributed by atoms with van der Waals surface area (Å²) in [5.41, 5.74) is -10.1. The van der Waals surface area contributed by atoms with E-state index in [1.54, 1.807) is 0 Å². The molecular formula is C16H16F9NO2. The molecule has 0 atom stereocenters. The van der Waals surface area contributed by atoms with Gasteiger partial charge in [0.15, 0.2) is 11.5 Å². The van der Waals surface area contributed by atoms with Crippen molar-refractivity contribution in [3.8, 4) is 0 Å². The van der Waals surface area contributed by atoms with E-state index in [1.807, 2.05) is 0 Å². The van der Waals surface area contributed by atoms with Crippen LogP contribution in [0.3, 0.4) is 0 Å². The van der Waals surface area contributed by atoms with Gasteiger partial charge in [-0.05, 0) is 27.2 Å². The summed E-state index contributed by atoms with van der Waals surface area (Å²) >= 11 is 0. The number of halogens is 9. The third-order valence-electron chi connectivity index (χ3n) is 3.14. The van der Waals surface area contributed by atoms with Crippen molar-refractivity contribution in [1.82, 2.24) is 0 Å². The summed E-state index contributed by atoms with van der Waals surface area (Å²) in [6, 6.07) is 0. The van der Waals surface area contributed by atoms with E-state index in [2.05, 4.69) is 4.99 Å². The van der Waals surface area contributed by atoms with Crippen LogP contribution in [0, 0.1) is 0 Å². The molecule has 3 nitrogen and oxygen atoms in total. The topological polar surface area (TPSA) is 49.7 Å². The average Bonchev–Trinajstić information content (AvgIpc) is 2.43. The Kier molecular flexibility index (Phi) is 8.11. The Morgan fingerprint density at radius 2 is 1.32 bits per heavy atom. The SMILES string of the molecule is CC/C=C(C(/C(C(C)=O)=C(\C)O)=C(\N=C(C)C(F)(F)F)C(F)(F)F)\C(F)(F)F. The third kappa shape index (κ3) is 6.71. The molecule has 1 N–H and O–H groups in total. The van der Waals surface area contributed by atoms with Crippen molar-refractivity contribution >= 4 is 11.5 Å². The van der Waals surface area contributed by atoms with Gasteiger partial charge in [-0.2, -0.15) is 39.5 Å². The van der Waals surface area contributed by atoms with Crippen molar-refractivity contribution in [2.24, 2.45) is 4.99 Å². The lowest BCUT2D eigenvalue weighted by Crippen LogP contribution is -2.26. The molecule has 0 aliphatic heterocycles. The molecule has 0 heterocycles. The zero-order valence-corrected chi connectivity index (χ0v) is 15.0. The number of carbonyl (C=O) groups excluding carboxylic acids is 1. The van der Waals surface area contributed by atoms with E-state index >= 15 is 0 Å². The van der Waals surface area contributed by atoms with E-state index in [0.717, 1.165) is 6.92 Å². The van der Waals surface area contributed by atoms with Gasteiger partial charge in [0, 0.05) is 5.57 Å². The molecule has 0 rings (SSSR count). The van der Waals surface area contributed by atoms with Gasteiger partial charge in [0.2, 0.25) is 0 Å². The predicted molar refractivity (Wildman–Crippen MR) is 82.7 cm³/mol. The van der Waals surface area contributed by atoms with Gasteiger partial charge in [-0.3, -0.25) is 4.79 Å². The van der Waals surface area contributed by atoms with E-state index in [-0.39, 0.29) is 13.0 Å². The number of hydrogen-bond acceptors (Lipinski definition) is 3. The van der Waals surface area contributed by atoms with Crippen molar-refractivity contribution in [2.45, 2.75) is 52.6 Å². The minimum atomic E-state index is -5.81. The normalized spacial score (nSPS) is 16.6. The number of allylic oxidation sites excluding steroid dienone is 6. The van der Waals surface area contributed by atoms with Gasteiger partial charge in [0.05, 0.1) is 11.1 Å². The quantitative estimate of drug-likeness (QED) is 0.189. The number of rotatable bonds is 5. The van der Waals surface area contributed by atoms with Crippen LogP contribution in [-0.4, -0.2) is 35.1 Å². The van der Waals surface area contributed by atoms with Crippen LogP contribution in [0.15, 0.2) is 39.2 Å². The number of ketones is 1. The van der Waals surface area contributed by atoms with Crippen LogP contribution >= 0.6 is 0 Å². The van der Waals surface area contributed by atoms with E-state index in [4.69, 9.17) is 0 Å². The molecule has 0 radical (unpaired) electrons. The van der Waals surface area contributed by atoms with Crippen LogP contribution in [0.5, 0.6) is 0 Å². The first-order chi connectivity index (χ1) is 12.4. The molecule has 160 valence electrons. The fourth-order valence-electron chi connectivity index (χ4n) is 2.05. The van der Waals surface area contributed by atoms with Gasteiger partial charge in [0.25, 0.3) is 0 Å². The van der Waals surface area contributed by atoms with Gasteiger partial charge in [-0.15, -0.1) is 0 Å². The Morgan fingerprint density at radius 3 is 1.57 bits per heavy atom. The number of aliphatic hydroxyl groups excluding tert-OH is 1. The minimum Gasteiger partial charge on any atom is -0.512 e. The molecule has 0 saturated carbocycles. The molecule has 28 heavy (non-hydrogen) atoms. The summed E-state index contributed by atoms with van der Waals surface area (Å²) in [5, 5.41) is 9.54. The second-order valence-electron chi connectivity index (χ2n) is 5.46. The summed E-state index contributed by atoms with van der Waals surface area (Å²) < 4.78 is 119. The first kappa shape index (κ1) is 25.7. The molecule has 0 aromatic heterocycles. The Bertz CT molecular complexity index is 729. The monoisotopic (exact) mass is 425 g/mol. The zero-order valence-electron chi connectivity index (χ0n) is 15.0. The molecular weight excluding hydrogens is 409 g/mol. The summed E-state index contributed by atoms with van der Waals surface area (Å²) in [7, 11) is 0. The molecule has 0 aliphatic rings. The summed E-state index contributed by atoms with van der Waals surface area (Å²) in [4.78, 5) is 14.0. The van der Waals surface area contributed by atoms with Crippen LogP contribution in [-0.2, 0) is 4.79 Å². The van der Waals surface area contributed by atoms with Gasteiger partial charge >= 0.3 is 18.5 Å². The van der Waals surface area contributed by atoms with E-state index in [9.17, 15) is 49.4 Å². The van der Waals surface area contributed by atoms with E-state index in [1.165, 1.54) is 0 Å². The lowest BCUT2D eigenvalue weighted by atomic mass is 9.90. The summed E-state index contributed by atoms with van der Waals surface area (Å²) in [5.74, 6) is -2.67. The second kappa shape index (κ2) is 8.82. The standard InChI is InChI=1S/C16H16F9NO2/c1-5-6-10(15(20,21)22)12(11(7(2)27)8(3)28)13(16(23,24)25)26-9(4)14(17,18)19/h6,27H,5H2,1-4H3/b10-6-,11-7+,13-12+,26-9?. The molecule has 0 unspecified atom stereocenters. The number of aliphatic hydroxyl groups is 1. The molecule has 12 heteroatoms. The highest BCUT2D eigenvalue weighted by Gasteiger charge is 2.46. The highest BCUT2D eigenvalue weighted by Crippen LogP contribution is 2.43. The fraction of sp³-hybridized carbons (Fsp3) is 0.500. The Labute approximate surface area is 153 Å². The van der Waals surface area contributed by atoms with Crippen LogP contribution in [0.1, 0.15) is 34.1 Å². The van der Waals surface area contributed by atoms with Crippen LogP contribution in [0.4, 0.5) is 39.5 Å². The number of nitrogens with zero attached hydrogens (tertiary/aromatic N) is 1. The summed E-state index contributed by atoms with van der Waals surface area (Å²) in [6.07, 6.45) is -16.9. The van der Waals surface area contributed by atoms with Crippen LogP contribution in [0.25, 0.3) is 0 Å². The highest BCUT2D eigenvalue weighted by atomic mass is 19.4. The Balaban J connectivity index is 7.70. The minimum absolute atomic E-state index is 0.128. The zero-order chi connectivity index (χ0) is 22.7. The first-order valence-electron chi connectivity index (χ1n) is 7.48.